The van der Waals surface area contributed by atoms with Gasteiger partial charge in [0, 0.05) is 18.6 Å². The van der Waals surface area contributed by atoms with Crippen molar-refractivity contribution >= 4 is 11.7 Å². The molecule has 19 heavy (non-hydrogen) atoms. The summed E-state index contributed by atoms with van der Waals surface area (Å²) in [6.07, 6.45) is 0.0976. The van der Waals surface area contributed by atoms with Crippen molar-refractivity contribution < 1.29 is 23.6 Å². The Hall–Kier alpha value is -2.22. The van der Waals surface area contributed by atoms with Crippen molar-refractivity contribution in [1.82, 2.24) is 0 Å². The number of esters is 1. The average Bonchev–Trinajstić information content (AvgIpc) is 2.37. The van der Waals surface area contributed by atoms with Gasteiger partial charge in [0.15, 0.2) is 5.75 Å². The van der Waals surface area contributed by atoms with E-state index < -0.39 is 22.8 Å². The molecule has 104 valence electrons. The van der Waals surface area contributed by atoms with E-state index in [0.717, 1.165) is 18.2 Å². The Kier molecular flexibility index (Phi) is 5.19. The van der Waals surface area contributed by atoms with Crippen molar-refractivity contribution in [2.45, 2.75) is 12.5 Å². The van der Waals surface area contributed by atoms with Crippen LogP contribution in [0.5, 0.6) is 5.75 Å². The van der Waals surface area contributed by atoms with Crippen LogP contribution in [0.2, 0.25) is 0 Å². The highest BCUT2D eigenvalue weighted by atomic mass is 19.1. The highest BCUT2D eigenvalue weighted by molar-refractivity contribution is 5.75. The molecule has 1 atom stereocenters. The Labute approximate surface area is 108 Å². The van der Waals surface area contributed by atoms with Crippen molar-refractivity contribution in [3.05, 3.63) is 34.1 Å². The molecule has 0 aliphatic heterocycles. The molecule has 0 fully saturated rings. The number of hydrogen-bond acceptors (Lipinski definition) is 6. The third-order valence-corrected chi connectivity index (χ3v) is 2.31. The Morgan fingerprint density at radius 1 is 1.58 bits per heavy atom. The number of nitrogens with zero attached hydrogens (tertiary/aromatic N) is 1. The van der Waals surface area contributed by atoms with Gasteiger partial charge in [0.25, 0.3) is 0 Å². The molecule has 0 saturated carbocycles. The SMILES string of the molecule is COC(=O)C(N)CCOc1cc(F)ccc1[N+](=O)[O-]. The molecule has 0 spiro atoms. The van der Waals surface area contributed by atoms with Gasteiger partial charge in [0.05, 0.1) is 18.6 Å². The second-order valence-corrected chi connectivity index (χ2v) is 3.64. The molecule has 0 heterocycles. The van der Waals surface area contributed by atoms with Crippen molar-refractivity contribution in [1.29, 1.82) is 0 Å². The minimum atomic E-state index is -0.891. The van der Waals surface area contributed by atoms with E-state index in [1.165, 1.54) is 7.11 Å². The maximum absolute atomic E-state index is 13.0. The Morgan fingerprint density at radius 3 is 2.84 bits per heavy atom. The summed E-state index contributed by atoms with van der Waals surface area (Å²) in [7, 11) is 1.19. The fourth-order valence-corrected chi connectivity index (χ4v) is 1.32. The summed E-state index contributed by atoms with van der Waals surface area (Å²) in [5.74, 6) is -1.47. The number of ether oxygens (including phenoxy) is 2. The van der Waals surface area contributed by atoms with Crippen LogP contribution < -0.4 is 10.5 Å². The van der Waals surface area contributed by atoms with E-state index in [0.29, 0.717) is 0 Å². The minimum Gasteiger partial charge on any atom is -0.487 e. The number of rotatable bonds is 6. The predicted molar refractivity (Wildman–Crippen MR) is 63.2 cm³/mol. The second-order valence-electron chi connectivity index (χ2n) is 3.64. The van der Waals surface area contributed by atoms with Gasteiger partial charge in [-0.2, -0.15) is 0 Å². The number of nitro benzene ring substituents is 1. The number of halogens is 1. The van der Waals surface area contributed by atoms with Crippen molar-refractivity contribution in [3.63, 3.8) is 0 Å². The summed E-state index contributed by atoms with van der Waals surface area (Å²) in [6, 6.07) is 1.98. The summed E-state index contributed by atoms with van der Waals surface area (Å²) >= 11 is 0. The fraction of sp³-hybridized carbons (Fsp3) is 0.364. The molecule has 0 aliphatic rings. The monoisotopic (exact) mass is 272 g/mol. The molecule has 1 aromatic carbocycles. The van der Waals surface area contributed by atoms with Crippen LogP contribution in [0.4, 0.5) is 10.1 Å². The van der Waals surface area contributed by atoms with Crippen LogP contribution >= 0.6 is 0 Å². The van der Waals surface area contributed by atoms with E-state index in [4.69, 9.17) is 10.5 Å². The topological polar surface area (TPSA) is 105 Å². The number of carbonyl (C=O) groups excluding carboxylic acids is 1. The molecule has 0 amide bonds. The lowest BCUT2D eigenvalue weighted by atomic mass is 10.2. The Balaban J connectivity index is 2.65. The van der Waals surface area contributed by atoms with E-state index in [1.807, 2.05) is 0 Å². The van der Waals surface area contributed by atoms with Gasteiger partial charge < -0.3 is 15.2 Å². The molecule has 2 N–H and O–H groups in total. The van der Waals surface area contributed by atoms with Crippen molar-refractivity contribution in [3.8, 4) is 5.75 Å². The number of nitrogens with two attached hydrogens (primary N) is 1. The van der Waals surface area contributed by atoms with E-state index in [1.54, 1.807) is 0 Å². The van der Waals surface area contributed by atoms with Crippen LogP contribution in [-0.4, -0.2) is 30.7 Å². The molecule has 7 nitrogen and oxygen atoms in total. The van der Waals surface area contributed by atoms with Crippen molar-refractivity contribution in [2.75, 3.05) is 13.7 Å². The third kappa shape index (κ3) is 4.18. The fourth-order valence-electron chi connectivity index (χ4n) is 1.32. The lowest BCUT2D eigenvalue weighted by Gasteiger charge is -2.10. The zero-order valence-electron chi connectivity index (χ0n) is 10.2. The van der Waals surface area contributed by atoms with E-state index in [2.05, 4.69) is 4.74 Å². The predicted octanol–water partition coefficient (Wildman–Crippen LogP) is 1.00. The average molecular weight is 272 g/mol. The van der Waals surface area contributed by atoms with Crippen molar-refractivity contribution in [2.24, 2.45) is 5.73 Å². The maximum atomic E-state index is 13.0. The first-order chi connectivity index (χ1) is 8.95. The van der Waals surface area contributed by atoms with Gasteiger partial charge in [-0.3, -0.25) is 14.9 Å². The molecular weight excluding hydrogens is 259 g/mol. The Morgan fingerprint density at radius 2 is 2.26 bits per heavy atom. The van der Waals surface area contributed by atoms with Gasteiger partial charge in [-0.25, -0.2) is 4.39 Å². The van der Waals surface area contributed by atoms with E-state index >= 15 is 0 Å². The summed E-state index contributed by atoms with van der Waals surface area (Å²) in [4.78, 5) is 21.0. The molecule has 1 aromatic rings. The minimum absolute atomic E-state index is 0.0689. The largest absolute Gasteiger partial charge is 0.487 e. The maximum Gasteiger partial charge on any atom is 0.322 e. The number of benzene rings is 1. The molecule has 0 saturated heterocycles. The summed E-state index contributed by atoms with van der Waals surface area (Å²) in [5.41, 5.74) is 5.10. The lowest BCUT2D eigenvalue weighted by Crippen LogP contribution is -2.33. The van der Waals surface area contributed by atoms with Gasteiger partial charge >= 0.3 is 11.7 Å². The normalized spacial score (nSPS) is 11.7. The molecule has 1 rings (SSSR count). The molecule has 0 radical (unpaired) electrons. The molecule has 0 aliphatic carbocycles. The van der Waals surface area contributed by atoms with Crippen LogP contribution in [0.3, 0.4) is 0 Å². The quantitative estimate of drug-likeness (QED) is 0.470. The molecule has 0 aromatic heterocycles. The smallest absolute Gasteiger partial charge is 0.322 e. The molecule has 1 unspecified atom stereocenters. The first-order valence-electron chi connectivity index (χ1n) is 5.36. The summed E-state index contributed by atoms with van der Waals surface area (Å²) in [6.45, 7) is -0.0689. The van der Waals surface area contributed by atoms with Crippen LogP contribution in [0, 0.1) is 15.9 Å². The lowest BCUT2D eigenvalue weighted by molar-refractivity contribution is -0.385. The number of carbonyl (C=O) groups is 1. The van der Waals surface area contributed by atoms with Gasteiger partial charge in [0.2, 0.25) is 0 Å². The van der Waals surface area contributed by atoms with E-state index in [9.17, 15) is 19.3 Å². The van der Waals surface area contributed by atoms with Gasteiger partial charge in [-0.1, -0.05) is 0 Å². The second kappa shape index (κ2) is 6.64. The summed E-state index contributed by atoms with van der Waals surface area (Å²) in [5, 5.41) is 10.7. The Bertz CT molecular complexity index is 480. The highest BCUT2D eigenvalue weighted by Gasteiger charge is 2.18. The van der Waals surface area contributed by atoms with Crippen LogP contribution in [-0.2, 0) is 9.53 Å². The standard InChI is InChI=1S/C11H13FN2O5/c1-18-11(15)8(13)4-5-19-10-6-7(12)2-3-9(10)14(16)17/h2-3,6,8H,4-5,13H2,1H3. The zero-order valence-corrected chi connectivity index (χ0v) is 10.2. The number of hydrogen-bond donors (Lipinski definition) is 1. The van der Waals surface area contributed by atoms with Crippen LogP contribution in [0.15, 0.2) is 18.2 Å². The first-order valence-corrected chi connectivity index (χ1v) is 5.36. The van der Waals surface area contributed by atoms with E-state index in [-0.39, 0.29) is 24.5 Å². The zero-order chi connectivity index (χ0) is 14.4. The molecule has 8 heteroatoms. The summed E-state index contributed by atoms with van der Waals surface area (Å²) < 4.78 is 22.5. The van der Waals surface area contributed by atoms with Crippen LogP contribution in [0.25, 0.3) is 0 Å². The van der Waals surface area contributed by atoms with Gasteiger partial charge in [-0.05, 0) is 6.07 Å². The molecule has 0 bridgehead atoms. The highest BCUT2D eigenvalue weighted by Crippen LogP contribution is 2.27. The number of nitro groups is 1. The van der Waals surface area contributed by atoms with Gasteiger partial charge in [-0.15, -0.1) is 0 Å². The first kappa shape index (κ1) is 14.8. The van der Waals surface area contributed by atoms with Crippen LogP contribution in [0.1, 0.15) is 6.42 Å². The third-order valence-electron chi connectivity index (χ3n) is 2.31. The van der Waals surface area contributed by atoms with Gasteiger partial charge in [0.1, 0.15) is 11.9 Å². The number of methoxy groups -OCH3 is 1. The molecular formula is C11H13FN2O5.